The number of fused-ring (bicyclic) bond motifs is 2. The maximum atomic E-state index is 13.0. The highest BCUT2D eigenvalue weighted by atomic mass is 35.5. The largest absolute Gasteiger partial charge is 0.366 e. The zero-order chi connectivity index (χ0) is 25.4. The third kappa shape index (κ3) is 4.29. The highest BCUT2D eigenvalue weighted by molar-refractivity contribution is 6.36. The van der Waals surface area contributed by atoms with E-state index in [9.17, 15) is 4.79 Å². The molecule has 1 aromatic carbocycles. The van der Waals surface area contributed by atoms with Crippen LogP contribution in [0.4, 0.5) is 11.5 Å². The van der Waals surface area contributed by atoms with Crippen molar-refractivity contribution < 1.29 is 4.79 Å². The minimum Gasteiger partial charge on any atom is -0.366 e. The molecule has 2 N–H and O–H groups in total. The number of aromatic nitrogens is 6. The van der Waals surface area contributed by atoms with Crippen molar-refractivity contribution in [2.75, 3.05) is 36.4 Å². The van der Waals surface area contributed by atoms with E-state index >= 15 is 0 Å². The molecule has 0 radical (unpaired) electrons. The molecule has 0 spiro atoms. The van der Waals surface area contributed by atoms with Gasteiger partial charge in [0.15, 0.2) is 11.5 Å². The van der Waals surface area contributed by atoms with Gasteiger partial charge in [-0.05, 0) is 37.3 Å². The number of nitrogens with zero attached hydrogens (tertiary/aromatic N) is 7. The Morgan fingerprint density at radius 3 is 2.70 bits per heavy atom. The molecule has 1 saturated heterocycles. The van der Waals surface area contributed by atoms with Crippen LogP contribution in [-0.2, 0) is 0 Å². The van der Waals surface area contributed by atoms with E-state index in [0.29, 0.717) is 53.7 Å². The number of aromatic amines is 1. The number of carbonyl (C=O) groups is 1. The first kappa shape index (κ1) is 23.1. The maximum Gasteiger partial charge on any atom is 0.255 e. The monoisotopic (exact) mass is 513 g/mol. The smallest absolute Gasteiger partial charge is 0.255 e. The highest BCUT2D eigenvalue weighted by Crippen LogP contribution is 2.39. The van der Waals surface area contributed by atoms with Crippen molar-refractivity contribution in [2.45, 2.75) is 13.0 Å². The van der Waals surface area contributed by atoms with Crippen LogP contribution >= 0.6 is 11.6 Å². The van der Waals surface area contributed by atoms with Crippen LogP contribution in [0.25, 0.3) is 22.1 Å². The molecular formula is C26H24ClN9O. The van der Waals surface area contributed by atoms with Gasteiger partial charge in [-0.3, -0.25) is 14.8 Å². The number of rotatable bonds is 5. The van der Waals surface area contributed by atoms with E-state index < -0.39 is 0 Å². The summed E-state index contributed by atoms with van der Waals surface area (Å²) in [5, 5.41) is 5.01. The number of nitrogens with one attached hydrogen (secondary N) is 2. The van der Waals surface area contributed by atoms with Crippen LogP contribution in [-0.4, -0.2) is 66.9 Å². The summed E-state index contributed by atoms with van der Waals surface area (Å²) in [7, 11) is 0. The van der Waals surface area contributed by atoms with Crippen molar-refractivity contribution in [2.24, 2.45) is 0 Å². The molecule has 1 amide bonds. The van der Waals surface area contributed by atoms with Gasteiger partial charge in [0.05, 0.1) is 34.2 Å². The Bertz CT molecular complexity index is 1580. The first-order valence-corrected chi connectivity index (χ1v) is 12.4. The number of halogens is 1. The summed E-state index contributed by atoms with van der Waals surface area (Å²) in [6, 6.07) is 9.28. The second kappa shape index (κ2) is 9.62. The van der Waals surface area contributed by atoms with Gasteiger partial charge < -0.3 is 20.1 Å². The molecular weight excluding hydrogens is 490 g/mol. The minimum atomic E-state index is -0.163. The molecule has 186 valence electrons. The van der Waals surface area contributed by atoms with E-state index in [1.54, 1.807) is 37.1 Å². The van der Waals surface area contributed by atoms with Crippen molar-refractivity contribution in [3.63, 3.8) is 0 Å². The molecule has 11 heteroatoms. The number of amides is 1. The molecule has 1 aliphatic rings. The molecule has 1 unspecified atom stereocenters. The SMILES string of the molecule is CC(Nc1ncnc2[nH]cnc12)c1cc(Cl)c2cccnc2c1N1CCN(C(=O)c2cccnc2)CC1. The molecule has 0 bridgehead atoms. The lowest BCUT2D eigenvalue weighted by molar-refractivity contribution is 0.0746. The molecule has 5 aromatic rings. The number of benzene rings is 1. The first-order chi connectivity index (χ1) is 18.1. The van der Waals surface area contributed by atoms with Gasteiger partial charge in [0, 0.05) is 55.7 Å². The number of hydrogen-bond acceptors (Lipinski definition) is 8. The molecule has 1 fully saturated rings. The highest BCUT2D eigenvalue weighted by Gasteiger charge is 2.27. The number of imidazole rings is 1. The summed E-state index contributed by atoms with van der Waals surface area (Å²) >= 11 is 6.74. The number of carbonyl (C=O) groups excluding carboxylic acids is 1. The predicted octanol–water partition coefficient (Wildman–Crippen LogP) is 4.09. The van der Waals surface area contributed by atoms with E-state index in [-0.39, 0.29) is 11.9 Å². The van der Waals surface area contributed by atoms with E-state index in [1.807, 2.05) is 23.1 Å². The van der Waals surface area contributed by atoms with Gasteiger partial charge in [0.25, 0.3) is 5.91 Å². The fourth-order valence-electron chi connectivity index (χ4n) is 4.83. The topological polar surface area (TPSA) is 116 Å². The number of pyridine rings is 2. The van der Waals surface area contributed by atoms with E-state index in [2.05, 4.69) is 42.1 Å². The van der Waals surface area contributed by atoms with Crippen LogP contribution in [0.15, 0.2) is 61.6 Å². The van der Waals surface area contributed by atoms with Crippen molar-refractivity contribution in [1.82, 2.24) is 34.8 Å². The molecule has 0 saturated carbocycles. The van der Waals surface area contributed by atoms with Gasteiger partial charge in [0.1, 0.15) is 11.8 Å². The van der Waals surface area contributed by atoms with E-state index in [0.717, 1.165) is 22.2 Å². The van der Waals surface area contributed by atoms with Crippen molar-refractivity contribution >= 4 is 51.1 Å². The number of piperazine rings is 1. The fourth-order valence-corrected chi connectivity index (χ4v) is 5.10. The van der Waals surface area contributed by atoms with Crippen LogP contribution in [0.3, 0.4) is 0 Å². The zero-order valence-electron chi connectivity index (χ0n) is 20.1. The molecule has 10 nitrogen and oxygen atoms in total. The normalized spacial score (nSPS) is 14.8. The standard InChI is InChI=1S/C26H24ClN9O/c1-16(34-25-22-24(31-14-30-22)32-15-33-25)19-12-20(27)18-5-3-7-29-21(18)23(19)35-8-10-36(11-9-35)26(37)17-4-2-6-28-13-17/h2-7,12-16H,8-11H2,1H3,(H2,30,31,32,33,34). The van der Waals surface area contributed by atoms with E-state index in [1.165, 1.54) is 6.33 Å². The van der Waals surface area contributed by atoms with Crippen molar-refractivity contribution in [1.29, 1.82) is 0 Å². The van der Waals surface area contributed by atoms with Gasteiger partial charge in [-0.15, -0.1) is 0 Å². The Kier molecular flexibility index (Phi) is 6.01. The third-order valence-electron chi connectivity index (χ3n) is 6.67. The Balaban J connectivity index is 1.33. The summed E-state index contributed by atoms with van der Waals surface area (Å²) in [6.45, 7) is 4.57. The molecule has 37 heavy (non-hydrogen) atoms. The molecule has 5 heterocycles. The maximum absolute atomic E-state index is 13.0. The summed E-state index contributed by atoms with van der Waals surface area (Å²) in [5.41, 5.74) is 4.76. The number of anilines is 2. The van der Waals surface area contributed by atoms with Gasteiger partial charge in [0.2, 0.25) is 0 Å². The Hall–Kier alpha value is -4.31. The lowest BCUT2D eigenvalue weighted by atomic mass is 10.0. The lowest BCUT2D eigenvalue weighted by Crippen LogP contribution is -2.49. The number of H-pyrrole nitrogens is 1. The van der Waals surface area contributed by atoms with Crippen LogP contribution in [0, 0.1) is 0 Å². The average molecular weight is 514 g/mol. The Morgan fingerprint density at radius 1 is 1.05 bits per heavy atom. The Labute approximate surface area is 217 Å². The van der Waals surface area contributed by atoms with Crippen LogP contribution < -0.4 is 10.2 Å². The lowest BCUT2D eigenvalue weighted by Gasteiger charge is -2.38. The quantitative estimate of drug-likeness (QED) is 0.361. The van der Waals surface area contributed by atoms with Crippen LogP contribution in [0.5, 0.6) is 0 Å². The summed E-state index contributed by atoms with van der Waals surface area (Å²) < 4.78 is 0. The molecule has 4 aromatic heterocycles. The Morgan fingerprint density at radius 2 is 1.89 bits per heavy atom. The van der Waals surface area contributed by atoms with Crippen molar-refractivity contribution in [3.8, 4) is 0 Å². The predicted molar refractivity (Wildman–Crippen MR) is 143 cm³/mol. The molecule has 6 rings (SSSR count). The summed E-state index contributed by atoms with van der Waals surface area (Å²) in [5.74, 6) is 0.628. The van der Waals surface area contributed by atoms with Crippen molar-refractivity contribution in [3.05, 3.63) is 77.7 Å². The second-order valence-electron chi connectivity index (χ2n) is 8.90. The van der Waals surface area contributed by atoms with E-state index in [4.69, 9.17) is 16.6 Å². The molecule has 1 atom stereocenters. The van der Waals surface area contributed by atoms with Crippen LogP contribution in [0.1, 0.15) is 28.9 Å². The third-order valence-corrected chi connectivity index (χ3v) is 6.99. The molecule has 1 aliphatic heterocycles. The van der Waals surface area contributed by atoms with Gasteiger partial charge in [-0.1, -0.05) is 11.6 Å². The number of hydrogen-bond donors (Lipinski definition) is 2. The second-order valence-corrected chi connectivity index (χ2v) is 9.31. The summed E-state index contributed by atoms with van der Waals surface area (Å²) in [4.78, 5) is 42.0. The zero-order valence-corrected chi connectivity index (χ0v) is 20.9. The van der Waals surface area contributed by atoms with Gasteiger partial charge >= 0.3 is 0 Å². The first-order valence-electron chi connectivity index (χ1n) is 12.0. The average Bonchev–Trinajstić information content (AvgIpc) is 3.43. The van der Waals surface area contributed by atoms with Gasteiger partial charge in [-0.2, -0.15) is 0 Å². The van der Waals surface area contributed by atoms with Crippen LogP contribution in [0.2, 0.25) is 5.02 Å². The fraction of sp³-hybridized carbons (Fsp3) is 0.231. The molecule has 0 aliphatic carbocycles. The summed E-state index contributed by atoms with van der Waals surface area (Å²) in [6.07, 6.45) is 8.17. The van der Waals surface area contributed by atoms with Gasteiger partial charge in [-0.25, -0.2) is 15.0 Å². The minimum absolute atomic E-state index is 0.00567.